The molecule has 0 aliphatic rings. The first-order valence-corrected chi connectivity index (χ1v) is 12.1. The van der Waals surface area contributed by atoms with Crippen molar-refractivity contribution in [2.24, 2.45) is 0 Å². The Labute approximate surface area is 195 Å². The van der Waals surface area contributed by atoms with Crippen LogP contribution in [0.1, 0.15) is 25.1 Å². The van der Waals surface area contributed by atoms with Gasteiger partial charge in [0.15, 0.2) is 10.3 Å². The molecule has 2 heterocycles. The number of hydrogen-bond acceptors (Lipinski definition) is 6. The number of rotatable bonds is 8. The summed E-state index contributed by atoms with van der Waals surface area (Å²) in [6, 6.07) is 15.8. The molecule has 4 aromatic rings. The number of aryl methyl sites for hydroxylation is 1. The van der Waals surface area contributed by atoms with Gasteiger partial charge in [-0.2, -0.15) is 0 Å². The second-order valence-electron chi connectivity index (χ2n) is 7.03. The third-order valence-electron chi connectivity index (χ3n) is 4.95. The van der Waals surface area contributed by atoms with Crippen molar-refractivity contribution in [1.29, 1.82) is 0 Å². The maximum absolute atomic E-state index is 12.5. The smallest absolute Gasteiger partial charge is 0.230 e. The first kappa shape index (κ1) is 22.1. The Morgan fingerprint density at radius 3 is 2.84 bits per heavy atom. The Hall–Kier alpha value is -3.10. The van der Waals surface area contributed by atoms with Gasteiger partial charge in [-0.3, -0.25) is 14.3 Å². The fourth-order valence-electron chi connectivity index (χ4n) is 3.39. The first-order valence-electron chi connectivity index (χ1n) is 10.2. The van der Waals surface area contributed by atoms with Crippen LogP contribution < -0.4 is 9.64 Å². The van der Waals surface area contributed by atoms with Crippen molar-refractivity contribution in [3.05, 3.63) is 77.6 Å². The number of ether oxygens (including phenoxy) is 1. The van der Waals surface area contributed by atoms with Crippen molar-refractivity contribution >= 4 is 39.8 Å². The van der Waals surface area contributed by atoms with E-state index in [1.165, 1.54) is 11.3 Å². The molecular formula is C24H24N4O2S2. The van der Waals surface area contributed by atoms with Crippen LogP contribution in [0.25, 0.3) is 5.69 Å². The number of thiazole rings is 1. The van der Waals surface area contributed by atoms with Crippen molar-refractivity contribution in [2.45, 2.75) is 31.2 Å². The maximum Gasteiger partial charge on any atom is 0.230 e. The highest BCUT2D eigenvalue weighted by Crippen LogP contribution is 2.33. The highest BCUT2D eigenvalue weighted by molar-refractivity contribution is 7.98. The molecule has 0 aliphatic carbocycles. The summed E-state index contributed by atoms with van der Waals surface area (Å²) in [5, 5.41) is 3.56. The average Bonchev–Trinajstić information content (AvgIpc) is 3.47. The van der Waals surface area contributed by atoms with Crippen LogP contribution in [-0.4, -0.2) is 27.6 Å². The van der Waals surface area contributed by atoms with Gasteiger partial charge in [0.25, 0.3) is 0 Å². The van der Waals surface area contributed by atoms with Crippen LogP contribution in [0.5, 0.6) is 5.75 Å². The number of benzene rings is 2. The number of imidazole rings is 1. The molecule has 32 heavy (non-hydrogen) atoms. The number of carbonyl (C=O) groups is 1. The zero-order chi connectivity index (χ0) is 22.5. The van der Waals surface area contributed by atoms with Crippen LogP contribution in [0, 0.1) is 0 Å². The van der Waals surface area contributed by atoms with E-state index in [1.807, 2.05) is 64.7 Å². The highest BCUT2D eigenvalue weighted by Gasteiger charge is 2.20. The summed E-state index contributed by atoms with van der Waals surface area (Å²) in [5.41, 5.74) is 3.91. The molecule has 0 saturated heterocycles. The molecule has 164 valence electrons. The van der Waals surface area contributed by atoms with Crippen molar-refractivity contribution in [3.63, 3.8) is 0 Å². The van der Waals surface area contributed by atoms with E-state index in [1.54, 1.807) is 36.9 Å². The number of methoxy groups -OCH3 is 1. The lowest BCUT2D eigenvalue weighted by molar-refractivity contribution is -0.115. The monoisotopic (exact) mass is 464 g/mol. The van der Waals surface area contributed by atoms with Crippen molar-refractivity contribution in [1.82, 2.24) is 14.5 Å². The van der Waals surface area contributed by atoms with Gasteiger partial charge in [0.1, 0.15) is 5.75 Å². The zero-order valence-electron chi connectivity index (χ0n) is 18.2. The summed E-state index contributed by atoms with van der Waals surface area (Å²) >= 11 is 3.08. The van der Waals surface area contributed by atoms with Crippen LogP contribution in [-0.2, 0) is 17.0 Å². The van der Waals surface area contributed by atoms with Gasteiger partial charge >= 0.3 is 0 Å². The topological polar surface area (TPSA) is 60.2 Å². The van der Waals surface area contributed by atoms with E-state index in [-0.39, 0.29) is 5.91 Å². The molecule has 8 heteroatoms. The summed E-state index contributed by atoms with van der Waals surface area (Å²) in [4.78, 5) is 23.4. The second-order valence-corrected chi connectivity index (χ2v) is 8.81. The van der Waals surface area contributed by atoms with Gasteiger partial charge in [0.05, 0.1) is 24.2 Å². The van der Waals surface area contributed by atoms with Crippen molar-refractivity contribution in [3.8, 4) is 11.4 Å². The minimum Gasteiger partial charge on any atom is -0.497 e. The van der Waals surface area contributed by atoms with Crippen LogP contribution in [0.2, 0.25) is 0 Å². The molecule has 1 amide bonds. The van der Waals surface area contributed by atoms with Gasteiger partial charge in [0.2, 0.25) is 5.91 Å². The van der Waals surface area contributed by atoms with E-state index >= 15 is 0 Å². The van der Waals surface area contributed by atoms with Crippen molar-refractivity contribution in [2.75, 3.05) is 12.0 Å². The molecule has 0 fully saturated rings. The van der Waals surface area contributed by atoms with Crippen LogP contribution >= 0.6 is 23.1 Å². The summed E-state index contributed by atoms with van der Waals surface area (Å²) in [6.45, 7) is 3.67. The molecule has 4 rings (SSSR count). The van der Waals surface area contributed by atoms with Crippen LogP contribution in [0.4, 0.5) is 10.8 Å². The van der Waals surface area contributed by atoms with Crippen LogP contribution in [0.3, 0.4) is 0 Å². The Morgan fingerprint density at radius 1 is 1.22 bits per heavy atom. The molecule has 0 radical (unpaired) electrons. The highest BCUT2D eigenvalue weighted by atomic mass is 32.2. The van der Waals surface area contributed by atoms with E-state index in [2.05, 4.69) is 11.9 Å². The molecule has 2 aromatic carbocycles. The quantitative estimate of drug-likeness (QED) is 0.305. The fourth-order valence-corrected chi connectivity index (χ4v) is 5.24. The Kier molecular flexibility index (Phi) is 6.92. The maximum atomic E-state index is 12.5. The molecule has 0 spiro atoms. The predicted octanol–water partition coefficient (Wildman–Crippen LogP) is 5.88. The molecule has 0 aliphatic heterocycles. The number of anilines is 2. The average molecular weight is 465 g/mol. The van der Waals surface area contributed by atoms with Crippen molar-refractivity contribution < 1.29 is 9.53 Å². The lowest BCUT2D eigenvalue weighted by Crippen LogP contribution is -2.23. The molecule has 0 saturated carbocycles. The summed E-state index contributed by atoms with van der Waals surface area (Å²) in [5.74, 6) is 1.40. The minimum atomic E-state index is -0.0481. The normalized spacial score (nSPS) is 10.8. The van der Waals surface area contributed by atoms with E-state index in [4.69, 9.17) is 9.72 Å². The SMILES string of the molecule is CCc1ccccc1N(C(C)=O)c1nc(CSc2nccn2-c2cccc(OC)c2)cs1. The predicted molar refractivity (Wildman–Crippen MR) is 130 cm³/mol. The van der Waals surface area contributed by atoms with Gasteiger partial charge in [-0.25, -0.2) is 9.97 Å². The molecule has 2 aromatic heterocycles. The fraction of sp³-hybridized carbons (Fsp3) is 0.208. The summed E-state index contributed by atoms with van der Waals surface area (Å²) < 4.78 is 7.37. The molecule has 6 nitrogen and oxygen atoms in total. The van der Waals surface area contributed by atoms with Gasteiger partial charge in [0, 0.05) is 36.5 Å². The first-order chi connectivity index (χ1) is 15.6. The van der Waals surface area contributed by atoms with E-state index in [0.29, 0.717) is 10.9 Å². The third-order valence-corrected chi connectivity index (χ3v) is 6.82. The Morgan fingerprint density at radius 2 is 2.06 bits per heavy atom. The number of carbonyl (C=O) groups excluding carboxylic acids is 1. The van der Waals surface area contributed by atoms with Gasteiger partial charge in [-0.05, 0) is 30.2 Å². The Balaban J connectivity index is 1.53. The van der Waals surface area contributed by atoms with E-state index in [0.717, 1.165) is 40.0 Å². The zero-order valence-corrected chi connectivity index (χ0v) is 19.8. The largest absolute Gasteiger partial charge is 0.497 e. The minimum absolute atomic E-state index is 0.0481. The number of aromatic nitrogens is 3. The van der Waals surface area contributed by atoms with Crippen LogP contribution in [0.15, 0.2) is 71.5 Å². The standard InChI is InChI=1S/C24H24N4O2S2/c1-4-18-8-5-6-11-22(18)28(17(2)29)24-26-19(16-32-24)15-31-23-25-12-13-27(23)20-9-7-10-21(14-20)30-3/h5-14,16H,4,15H2,1-3H3. The van der Waals surface area contributed by atoms with E-state index < -0.39 is 0 Å². The summed E-state index contributed by atoms with van der Waals surface area (Å²) in [7, 11) is 1.66. The third kappa shape index (κ3) is 4.71. The Bertz CT molecular complexity index is 1220. The number of amides is 1. The molecule has 0 bridgehead atoms. The lowest BCUT2D eigenvalue weighted by atomic mass is 10.1. The number of hydrogen-bond donors (Lipinski definition) is 0. The van der Waals surface area contributed by atoms with Gasteiger partial charge in [-0.1, -0.05) is 43.0 Å². The van der Waals surface area contributed by atoms with Gasteiger partial charge in [-0.15, -0.1) is 11.3 Å². The molecule has 0 unspecified atom stereocenters. The molecular weight excluding hydrogens is 440 g/mol. The number of thioether (sulfide) groups is 1. The molecule has 0 N–H and O–H groups in total. The second kappa shape index (κ2) is 10.0. The van der Waals surface area contributed by atoms with E-state index in [9.17, 15) is 4.79 Å². The molecule has 0 atom stereocenters. The summed E-state index contributed by atoms with van der Waals surface area (Å²) in [6.07, 6.45) is 4.57. The number of nitrogens with zero attached hydrogens (tertiary/aromatic N) is 4. The lowest BCUT2D eigenvalue weighted by Gasteiger charge is -2.20. The van der Waals surface area contributed by atoms with Gasteiger partial charge < -0.3 is 4.74 Å². The number of para-hydroxylation sites is 1.